The summed E-state index contributed by atoms with van der Waals surface area (Å²) in [7, 11) is 0. The molecular weight excluding hydrogens is 279 g/mol. The summed E-state index contributed by atoms with van der Waals surface area (Å²) in [4.78, 5) is 0. The fourth-order valence-electron chi connectivity index (χ4n) is 2.23. The zero-order valence-electron chi connectivity index (χ0n) is 11.5. The van der Waals surface area contributed by atoms with Gasteiger partial charge in [0.25, 0.3) is 0 Å². The molecule has 0 fully saturated rings. The van der Waals surface area contributed by atoms with Crippen molar-refractivity contribution in [2.24, 2.45) is 5.73 Å². The van der Waals surface area contributed by atoms with Crippen molar-refractivity contribution in [3.05, 3.63) is 65.0 Å². The second kappa shape index (κ2) is 6.63. The molecule has 0 radical (unpaired) electrons. The standard InChI is InChI=1S/C16H16F3NO/c1-10-8-12(17)7-6-11(10)9-14(20)13-4-2-3-5-15(13)21-16(18)19/h2-8,14,16H,9,20H2,1H3. The lowest BCUT2D eigenvalue weighted by Crippen LogP contribution is -2.16. The first-order valence-electron chi connectivity index (χ1n) is 6.51. The zero-order valence-corrected chi connectivity index (χ0v) is 11.5. The number of para-hydroxylation sites is 1. The van der Waals surface area contributed by atoms with E-state index in [1.54, 1.807) is 31.2 Å². The van der Waals surface area contributed by atoms with E-state index < -0.39 is 12.7 Å². The number of hydrogen-bond donors (Lipinski definition) is 1. The summed E-state index contributed by atoms with van der Waals surface area (Å²) in [5.41, 5.74) is 8.24. The molecule has 1 atom stereocenters. The molecule has 0 heterocycles. The number of aryl methyl sites for hydroxylation is 1. The van der Waals surface area contributed by atoms with Crippen LogP contribution in [0.15, 0.2) is 42.5 Å². The fourth-order valence-corrected chi connectivity index (χ4v) is 2.23. The molecule has 21 heavy (non-hydrogen) atoms. The highest BCUT2D eigenvalue weighted by atomic mass is 19.3. The molecule has 0 aliphatic heterocycles. The van der Waals surface area contributed by atoms with E-state index in [1.165, 1.54) is 18.2 Å². The van der Waals surface area contributed by atoms with Gasteiger partial charge in [0.1, 0.15) is 11.6 Å². The molecule has 0 bridgehead atoms. The van der Waals surface area contributed by atoms with E-state index in [9.17, 15) is 13.2 Å². The minimum atomic E-state index is -2.90. The number of rotatable bonds is 5. The molecule has 0 spiro atoms. The van der Waals surface area contributed by atoms with Crippen molar-refractivity contribution in [1.82, 2.24) is 0 Å². The highest BCUT2D eigenvalue weighted by Crippen LogP contribution is 2.28. The van der Waals surface area contributed by atoms with Gasteiger partial charge in [-0.1, -0.05) is 24.3 Å². The minimum Gasteiger partial charge on any atom is -0.434 e. The van der Waals surface area contributed by atoms with Gasteiger partial charge in [0.15, 0.2) is 0 Å². The molecule has 5 heteroatoms. The molecule has 0 aromatic heterocycles. The summed E-state index contributed by atoms with van der Waals surface area (Å²) in [5, 5.41) is 0. The van der Waals surface area contributed by atoms with Crippen LogP contribution in [-0.4, -0.2) is 6.61 Å². The topological polar surface area (TPSA) is 35.2 Å². The Hall–Kier alpha value is -2.01. The first kappa shape index (κ1) is 15.4. The maximum atomic E-state index is 13.1. The van der Waals surface area contributed by atoms with Gasteiger partial charge in [-0.25, -0.2) is 4.39 Å². The third-order valence-electron chi connectivity index (χ3n) is 3.28. The Bertz CT molecular complexity index is 616. The molecule has 0 saturated heterocycles. The van der Waals surface area contributed by atoms with Gasteiger partial charge in [-0.2, -0.15) is 8.78 Å². The van der Waals surface area contributed by atoms with Gasteiger partial charge >= 0.3 is 6.61 Å². The van der Waals surface area contributed by atoms with E-state index in [4.69, 9.17) is 5.73 Å². The lowest BCUT2D eigenvalue weighted by molar-refractivity contribution is -0.0506. The van der Waals surface area contributed by atoms with Crippen LogP contribution in [0, 0.1) is 12.7 Å². The molecule has 0 aliphatic rings. The number of halogens is 3. The lowest BCUT2D eigenvalue weighted by Gasteiger charge is -2.17. The number of alkyl halides is 2. The minimum absolute atomic E-state index is 0.0692. The third kappa shape index (κ3) is 3.98. The number of benzene rings is 2. The molecule has 2 aromatic carbocycles. The predicted molar refractivity (Wildman–Crippen MR) is 74.8 cm³/mol. The smallest absolute Gasteiger partial charge is 0.387 e. The molecular formula is C16H16F3NO. The monoisotopic (exact) mass is 295 g/mol. The third-order valence-corrected chi connectivity index (χ3v) is 3.28. The van der Waals surface area contributed by atoms with Crippen molar-refractivity contribution in [3.63, 3.8) is 0 Å². The van der Waals surface area contributed by atoms with Gasteiger partial charge in [-0.3, -0.25) is 0 Å². The van der Waals surface area contributed by atoms with E-state index in [0.29, 0.717) is 12.0 Å². The van der Waals surface area contributed by atoms with E-state index >= 15 is 0 Å². The summed E-state index contributed by atoms with van der Waals surface area (Å²) in [5.74, 6) is -0.244. The van der Waals surface area contributed by atoms with E-state index in [2.05, 4.69) is 4.74 Å². The second-order valence-electron chi connectivity index (χ2n) is 4.80. The van der Waals surface area contributed by atoms with Gasteiger partial charge in [0.2, 0.25) is 0 Å². The van der Waals surface area contributed by atoms with Crippen molar-refractivity contribution in [2.45, 2.75) is 26.0 Å². The van der Waals surface area contributed by atoms with E-state index in [0.717, 1.165) is 11.1 Å². The maximum absolute atomic E-state index is 13.1. The van der Waals surface area contributed by atoms with Crippen LogP contribution in [0.5, 0.6) is 5.75 Å². The number of nitrogens with two attached hydrogens (primary N) is 1. The fraction of sp³-hybridized carbons (Fsp3) is 0.250. The lowest BCUT2D eigenvalue weighted by atomic mass is 9.96. The van der Waals surface area contributed by atoms with Crippen molar-refractivity contribution in [1.29, 1.82) is 0 Å². The van der Waals surface area contributed by atoms with E-state index in [1.807, 2.05) is 0 Å². The normalized spacial score (nSPS) is 12.5. The average molecular weight is 295 g/mol. The summed E-state index contributed by atoms with van der Waals surface area (Å²) in [6, 6.07) is 10.4. The van der Waals surface area contributed by atoms with Crippen LogP contribution < -0.4 is 10.5 Å². The number of ether oxygens (including phenoxy) is 1. The average Bonchev–Trinajstić information content (AvgIpc) is 2.42. The molecule has 2 N–H and O–H groups in total. The van der Waals surface area contributed by atoms with Crippen LogP contribution >= 0.6 is 0 Å². The highest BCUT2D eigenvalue weighted by Gasteiger charge is 2.16. The summed E-state index contributed by atoms with van der Waals surface area (Å²) in [6.07, 6.45) is 0.412. The molecule has 0 saturated carbocycles. The van der Waals surface area contributed by atoms with Crippen molar-refractivity contribution < 1.29 is 17.9 Å². The van der Waals surface area contributed by atoms with Crippen molar-refractivity contribution in [2.75, 3.05) is 0 Å². The van der Waals surface area contributed by atoms with Crippen molar-refractivity contribution in [3.8, 4) is 5.75 Å². The van der Waals surface area contributed by atoms with Crippen LogP contribution in [0.1, 0.15) is 22.7 Å². The summed E-state index contributed by atoms with van der Waals surface area (Å²) >= 11 is 0. The molecule has 0 amide bonds. The Balaban J connectivity index is 2.22. The molecule has 2 rings (SSSR count). The first-order chi connectivity index (χ1) is 9.97. The SMILES string of the molecule is Cc1cc(F)ccc1CC(N)c1ccccc1OC(F)F. The molecule has 1 unspecified atom stereocenters. The Morgan fingerprint density at radius 3 is 2.52 bits per heavy atom. The Morgan fingerprint density at radius 1 is 1.14 bits per heavy atom. The molecule has 0 aliphatic carbocycles. The predicted octanol–water partition coefficient (Wildman–Crippen LogP) is 3.98. The largest absolute Gasteiger partial charge is 0.434 e. The number of hydrogen-bond acceptors (Lipinski definition) is 2. The van der Waals surface area contributed by atoms with Gasteiger partial charge < -0.3 is 10.5 Å². The summed E-state index contributed by atoms with van der Waals surface area (Å²) < 4.78 is 42.4. The maximum Gasteiger partial charge on any atom is 0.387 e. The van der Waals surface area contributed by atoms with Crippen molar-refractivity contribution >= 4 is 0 Å². The Labute approximate surface area is 121 Å². The van der Waals surface area contributed by atoms with Crippen LogP contribution in [-0.2, 0) is 6.42 Å². The summed E-state index contributed by atoms with van der Waals surface area (Å²) in [6.45, 7) is -1.11. The van der Waals surface area contributed by atoms with Gasteiger partial charge in [-0.15, -0.1) is 0 Å². The quantitative estimate of drug-likeness (QED) is 0.905. The van der Waals surface area contributed by atoms with Crippen LogP contribution in [0.25, 0.3) is 0 Å². The molecule has 2 nitrogen and oxygen atoms in total. The van der Waals surface area contributed by atoms with Gasteiger partial charge in [-0.05, 0) is 42.7 Å². The van der Waals surface area contributed by atoms with Gasteiger partial charge in [0, 0.05) is 11.6 Å². The van der Waals surface area contributed by atoms with Crippen LogP contribution in [0.2, 0.25) is 0 Å². The van der Waals surface area contributed by atoms with Crippen LogP contribution in [0.3, 0.4) is 0 Å². The first-order valence-corrected chi connectivity index (χ1v) is 6.51. The van der Waals surface area contributed by atoms with Crippen LogP contribution in [0.4, 0.5) is 13.2 Å². The Kier molecular flexibility index (Phi) is 4.85. The molecule has 2 aromatic rings. The molecule has 112 valence electrons. The highest BCUT2D eigenvalue weighted by molar-refractivity contribution is 5.38. The van der Waals surface area contributed by atoms with Gasteiger partial charge in [0.05, 0.1) is 0 Å². The Morgan fingerprint density at radius 2 is 1.86 bits per heavy atom. The second-order valence-corrected chi connectivity index (χ2v) is 4.80. The van der Waals surface area contributed by atoms with E-state index in [-0.39, 0.29) is 11.6 Å². The zero-order chi connectivity index (χ0) is 15.4.